The van der Waals surface area contributed by atoms with E-state index in [4.69, 9.17) is 11.6 Å². The van der Waals surface area contributed by atoms with Crippen molar-refractivity contribution >= 4 is 33.2 Å². The predicted molar refractivity (Wildman–Crippen MR) is 140 cm³/mol. The highest BCUT2D eigenvalue weighted by molar-refractivity contribution is 7.92. The summed E-state index contributed by atoms with van der Waals surface area (Å²) in [5, 5.41) is 3.20. The van der Waals surface area contributed by atoms with Gasteiger partial charge in [0.05, 0.1) is 21.6 Å². The molecule has 1 amide bonds. The van der Waals surface area contributed by atoms with Crippen molar-refractivity contribution < 1.29 is 13.2 Å². The third-order valence-electron chi connectivity index (χ3n) is 5.63. The maximum Gasteiger partial charge on any atom is 0.261 e. The van der Waals surface area contributed by atoms with Gasteiger partial charge in [-0.15, -0.1) is 0 Å². The fraction of sp³-hybridized carbons (Fsp3) is 0.107. The number of sulfonamides is 1. The highest BCUT2D eigenvalue weighted by Gasteiger charge is 2.20. The van der Waals surface area contributed by atoms with Crippen molar-refractivity contribution in [3.63, 3.8) is 0 Å². The fourth-order valence-corrected chi connectivity index (χ4v) is 5.00. The van der Waals surface area contributed by atoms with Crippen LogP contribution in [0.4, 0.5) is 5.69 Å². The highest BCUT2D eigenvalue weighted by Crippen LogP contribution is 2.27. The molecule has 0 heterocycles. The molecule has 4 aromatic rings. The molecule has 178 valence electrons. The van der Waals surface area contributed by atoms with Gasteiger partial charge >= 0.3 is 0 Å². The molecule has 0 aromatic heterocycles. The standard InChI is InChI=1S/C28H25ClN2O3S/c1-19-8-12-22(13-9-19)27(21-6-4-3-5-7-21)30-28(32)23-14-17-26(25(29)18-23)31-35(33,34)24-15-10-20(2)11-16-24/h3-18,27,31H,1-2H3,(H,30,32). The average molecular weight is 505 g/mol. The zero-order chi connectivity index (χ0) is 25.0. The first-order valence-corrected chi connectivity index (χ1v) is 12.9. The van der Waals surface area contributed by atoms with Crippen LogP contribution in [0.3, 0.4) is 0 Å². The number of halogens is 1. The number of nitrogens with one attached hydrogen (secondary N) is 2. The Labute approximate surface area is 210 Å². The summed E-state index contributed by atoms with van der Waals surface area (Å²) in [4.78, 5) is 13.3. The third kappa shape index (κ3) is 5.91. The molecule has 0 saturated carbocycles. The number of carbonyl (C=O) groups is 1. The summed E-state index contributed by atoms with van der Waals surface area (Å²) >= 11 is 6.37. The second-order valence-electron chi connectivity index (χ2n) is 8.34. The van der Waals surface area contributed by atoms with E-state index in [1.54, 1.807) is 18.2 Å². The summed E-state index contributed by atoms with van der Waals surface area (Å²) in [7, 11) is -3.82. The predicted octanol–water partition coefficient (Wildman–Crippen LogP) is 6.28. The lowest BCUT2D eigenvalue weighted by atomic mass is 9.97. The van der Waals surface area contributed by atoms with E-state index in [-0.39, 0.29) is 27.6 Å². The van der Waals surface area contributed by atoms with E-state index in [0.29, 0.717) is 5.56 Å². The first-order chi connectivity index (χ1) is 16.7. The molecule has 35 heavy (non-hydrogen) atoms. The van der Waals surface area contributed by atoms with Gasteiger partial charge in [0.15, 0.2) is 0 Å². The molecular weight excluding hydrogens is 480 g/mol. The van der Waals surface area contributed by atoms with E-state index in [1.807, 2.05) is 68.4 Å². The molecule has 1 atom stereocenters. The number of carbonyl (C=O) groups excluding carboxylic acids is 1. The van der Waals surface area contributed by atoms with Crippen molar-refractivity contribution in [1.82, 2.24) is 5.32 Å². The molecule has 5 nitrogen and oxygen atoms in total. The number of rotatable bonds is 7. The van der Waals surface area contributed by atoms with Crippen LogP contribution in [0.15, 0.2) is 102 Å². The summed E-state index contributed by atoms with van der Waals surface area (Å²) in [5.74, 6) is -0.325. The number of aryl methyl sites for hydroxylation is 2. The Morgan fingerprint density at radius 2 is 1.34 bits per heavy atom. The van der Waals surface area contributed by atoms with Crippen LogP contribution in [0.25, 0.3) is 0 Å². The molecule has 1 unspecified atom stereocenters. The van der Waals surface area contributed by atoms with Gasteiger partial charge in [-0.3, -0.25) is 9.52 Å². The van der Waals surface area contributed by atoms with Crippen LogP contribution in [0.2, 0.25) is 5.02 Å². The Kier molecular flexibility index (Phi) is 7.24. The summed E-state index contributed by atoms with van der Waals surface area (Å²) in [6.07, 6.45) is 0. The highest BCUT2D eigenvalue weighted by atomic mass is 35.5. The van der Waals surface area contributed by atoms with Crippen LogP contribution >= 0.6 is 11.6 Å². The quantitative estimate of drug-likeness (QED) is 0.311. The van der Waals surface area contributed by atoms with E-state index in [2.05, 4.69) is 10.0 Å². The second kappa shape index (κ2) is 10.3. The van der Waals surface area contributed by atoms with Crippen molar-refractivity contribution in [3.05, 3.63) is 130 Å². The molecule has 0 fully saturated rings. The minimum Gasteiger partial charge on any atom is -0.341 e. The van der Waals surface area contributed by atoms with Crippen LogP contribution in [0.1, 0.15) is 38.7 Å². The molecule has 2 N–H and O–H groups in total. The lowest BCUT2D eigenvalue weighted by Crippen LogP contribution is -2.29. The number of anilines is 1. The van der Waals surface area contributed by atoms with Gasteiger partial charge in [0.1, 0.15) is 0 Å². The van der Waals surface area contributed by atoms with Gasteiger partial charge in [0, 0.05) is 5.56 Å². The normalized spacial score (nSPS) is 12.1. The van der Waals surface area contributed by atoms with Crippen molar-refractivity contribution in [2.24, 2.45) is 0 Å². The van der Waals surface area contributed by atoms with E-state index in [0.717, 1.165) is 22.3 Å². The molecule has 0 bridgehead atoms. The lowest BCUT2D eigenvalue weighted by Gasteiger charge is -2.20. The maximum absolute atomic E-state index is 13.2. The monoisotopic (exact) mass is 504 g/mol. The Morgan fingerprint density at radius 1 is 0.771 bits per heavy atom. The Hall–Kier alpha value is -3.61. The fourth-order valence-electron chi connectivity index (χ4n) is 3.64. The van der Waals surface area contributed by atoms with E-state index in [9.17, 15) is 13.2 Å². The molecule has 0 spiro atoms. The van der Waals surface area contributed by atoms with E-state index in [1.165, 1.54) is 24.3 Å². The van der Waals surface area contributed by atoms with Gasteiger partial charge in [0.25, 0.3) is 15.9 Å². The molecule has 0 aliphatic heterocycles. The molecule has 0 aliphatic carbocycles. The van der Waals surface area contributed by atoms with Crippen LogP contribution in [0, 0.1) is 13.8 Å². The summed E-state index contributed by atoms with van der Waals surface area (Å²) < 4.78 is 27.9. The Morgan fingerprint density at radius 3 is 1.94 bits per heavy atom. The van der Waals surface area contributed by atoms with Crippen LogP contribution < -0.4 is 10.0 Å². The second-order valence-corrected chi connectivity index (χ2v) is 10.4. The summed E-state index contributed by atoms with van der Waals surface area (Å²) in [5.41, 5.74) is 4.49. The molecule has 4 rings (SSSR count). The molecule has 0 aliphatic rings. The average Bonchev–Trinajstić information content (AvgIpc) is 2.85. The van der Waals surface area contributed by atoms with Gasteiger partial charge in [-0.05, 0) is 55.3 Å². The largest absolute Gasteiger partial charge is 0.341 e. The van der Waals surface area contributed by atoms with Gasteiger partial charge in [-0.1, -0.05) is 89.5 Å². The van der Waals surface area contributed by atoms with Crippen LogP contribution in [-0.2, 0) is 10.0 Å². The zero-order valence-corrected chi connectivity index (χ0v) is 20.9. The topological polar surface area (TPSA) is 75.3 Å². The van der Waals surface area contributed by atoms with Crippen molar-refractivity contribution in [2.45, 2.75) is 24.8 Å². The first-order valence-electron chi connectivity index (χ1n) is 11.0. The first kappa shape index (κ1) is 24.5. The number of benzene rings is 4. The minimum absolute atomic E-state index is 0.125. The van der Waals surface area contributed by atoms with Gasteiger partial charge in [-0.25, -0.2) is 8.42 Å². The summed E-state index contributed by atoms with van der Waals surface area (Å²) in [6.45, 7) is 3.89. The Bertz CT molecular complexity index is 1440. The van der Waals surface area contributed by atoms with Crippen molar-refractivity contribution in [1.29, 1.82) is 0 Å². The molecule has 0 saturated heterocycles. The van der Waals surface area contributed by atoms with Gasteiger partial charge in [-0.2, -0.15) is 0 Å². The molecular formula is C28H25ClN2O3S. The maximum atomic E-state index is 13.2. The van der Waals surface area contributed by atoms with Gasteiger partial charge < -0.3 is 5.32 Å². The zero-order valence-electron chi connectivity index (χ0n) is 19.3. The molecule has 0 radical (unpaired) electrons. The SMILES string of the molecule is Cc1ccc(C(NC(=O)c2ccc(NS(=O)(=O)c3ccc(C)cc3)c(Cl)c2)c2ccccc2)cc1. The van der Waals surface area contributed by atoms with Crippen molar-refractivity contribution in [2.75, 3.05) is 4.72 Å². The summed E-state index contributed by atoms with van der Waals surface area (Å²) in [6, 6.07) is 28.3. The molecule has 4 aromatic carbocycles. The smallest absolute Gasteiger partial charge is 0.261 e. The van der Waals surface area contributed by atoms with Crippen LogP contribution in [0.5, 0.6) is 0 Å². The Balaban J connectivity index is 1.56. The van der Waals surface area contributed by atoms with E-state index >= 15 is 0 Å². The number of hydrogen-bond donors (Lipinski definition) is 2. The van der Waals surface area contributed by atoms with Crippen LogP contribution in [-0.4, -0.2) is 14.3 Å². The van der Waals surface area contributed by atoms with E-state index < -0.39 is 10.0 Å². The third-order valence-corrected chi connectivity index (χ3v) is 7.32. The van der Waals surface area contributed by atoms with Gasteiger partial charge in [0.2, 0.25) is 0 Å². The minimum atomic E-state index is -3.82. The number of hydrogen-bond acceptors (Lipinski definition) is 3. The lowest BCUT2D eigenvalue weighted by molar-refractivity contribution is 0.0943. The number of amides is 1. The molecule has 7 heteroatoms. The van der Waals surface area contributed by atoms with Crippen molar-refractivity contribution in [3.8, 4) is 0 Å².